The Labute approximate surface area is 109 Å². The van der Waals surface area contributed by atoms with E-state index < -0.39 is 0 Å². The number of benzene rings is 2. The number of hydrogen-bond acceptors (Lipinski definition) is 2. The first-order chi connectivity index (χ1) is 9.33. The summed E-state index contributed by atoms with van der Waals surface area (Å²) in [6, 6.07) is 14.2. The molecule has 19 heavy (non-hydrogen) atoms. The minimum Gasteiger partial charge on any atom is -0.276 e. The average Bonchev–Trinajstić information content (AvgIpc) is 2.83. The molecule has 1 aromatic heterocycles. The SMILES string of the molecule is Fc1ccc2[nH]c[n+](/C=N/Nc3ccccc3)c2c1. The van der Waals surface area contributed by atoms with Crippen LogP contribution in [0.4, 0.5) is 10.1 Å². The molecule has 0 saturated heterocycles. The Kier molecular flexibility index (Phi) is 2.94. The lowest BCUT2D eigenvalue weighted by molar-refractivity contribution is -0.516. The zero-order valence-electron chi connectivity index (χ0n) is 10.0. The van der Waals surface area contributed by atoms with Gasteiger partial charge in [0.25, 0.3) is 6.34 Å². The van der Waals surface area contributed by atoms with Gasteiger partial charge in [0.15, 0.2) is 6.33 Å². The molecule has 1 heterocycles. The van der Waals surface area contributed by atoms with Gasteiger partial charge in [0.2, 0.25) is 0 Å². The quantitative estimate of drug-likeness (QED) is 0.321. The number of rotatable bonds is 3. The third-order valence-electron chi connectivity index (χ3n) is 2.75. The molecular weight excluding hydrogens is 243 g/mol. The number of fused-ring (bicyclic) bond motifs is 1. The topological polar surface area (TPSA) is 44.1 Å². The van der Waals surface area contributed by atoms with Crippen LogP contribution in [0, 0.1) is 5.82 Å². The predicted molar refractivity (Wildman–Crippen MR) is 72.4 cm³/mol. The van der Waals surface area contributed by atoms with Crippen LogP contribution in [0.3, 0.4) is 0 Å². The lowest BCUT2D eigenvalue weighted by Gasteiger charge is -1.94. The van der Waals surface area contributed by atoms with Crippen molar-refractivity contribution in [3.63, 3.8) is 0 Å². The van der Waals surface area contributed by atoms with Crippen molar-refractivity contribution in [1.82, 2.24) is 4.98 Å². The molecule has 5 heteroatoms. The van der Waals surface area contributed by atoms with E-state index in [1.807, 2.05) is 30.3 Å². The first-order valence-corrected chi connectivity index (χ1v) is 5.85. The van der Waals surface area contributed by atoms with Gasteiger partial charge in [-0.2, -0.15) is 0 Å². The van der Waals surface area contributed by atoms with Crippen LogP contribution in [0.1, 0.15) is 0 Å². The van der Waals surface area contributed by atoms with Crippen molar-refractivity contribution in [1.29, 1.82) is 0 Å². The molecule has 3 aromatic rings. The van der Waals surface area contributed by atoms with Crippen molar-refractivity contribution < 1.29 is 8.96 Å². The smallest absolute Gasteiger partial charge is 0.254 e. The summed E-state index contributed by atoms with van der Waals surface area (Å²) in [6.45, 7) is 0. The highest BCUT2D eigenvalue weighted by molar-refractivity contribution is 5.73. The van der Waals surface area contributed by atoms with E-state index >= 15 is 0 Å². The Balaban J connectivity index is 1.83. The molecule has 0 aliphatic rings. The highest BCUT2D eigenvalue weighted by atomic mass is 19.1. The van der Waals surface area contributed by atoms with Gasteiger partial charge in [0.1, 0.15) is 16.9 Å². The molecule has 0 spiro atoms. The standard InChI is InChI=1S/C14H11FN4/c15-11-6-7-13-14(8-11)19(9-16-13)10-17-18-12-4-2-1-3-5-12/h1-10,18H/p+1/b17-10+. The van der Waals surface area contributed by atoms with Crippen LogP contribution in [0.15, 0.2) is 60.0 Å². The normalized spacial score (nSPS) is 11.2. The largest absolute Gasteiger partial charge is 0.276 e. The molecule has 2 aromatic carbocycles. The van der Waals surface area contributed by atoms with Crippen molar-refractivity contribution >= 4 is 23.1 Å². The minimum atomic E-state index is -0.273. The molecule has 0 fully saturated rings. The van der Waals surface area contributed by atoms with Crippen molar-refractivity contribution in [3.05, 3.63) is 60.7 Å². The fourth-order valence-corrected chi connectivity index (χ4v) is 1.82. The summed E-state index contributed by atoms with van der Waals surface area (Å²) < 4.78 is 14.9. The van der Waals surface area contributed by atoms with Gasteiger partial charge in [-0.3, -0.25) is 4.98 Å². The van der Waals surface area contributed by atoms with E-state index in [4.69, 9.17) is 0 Å². The molecule has 0 aliphatic heterocycles. The van der Waals surface area contributed by atoms with E-state index in [1.54, 1.807) is 23.3 Å². The minimum absolute atomic E-state index is 0.273. The summed E-state index contributed by atoms with van der Waals surface area (Å²) in [5.41, 5.74) is 5.39. The predicted octanol–water partition coefficient (Wildman–Crippen LogP) is 2.50. The van der Waals surface area contributed by atoms with Crippen LogP contribution in [-0.4, -0.2) is 11.3 Å². The number of aromatic amines is 1. The number of H-pyrrole nitrogens is 1. The molecule has 0 radical (unpaired) electrons. The summed E-state index contributed by atoms with van der Waals surface area (Å²) >= 11 is 0. The zero-order chi connectivity index (χ0) is 13.1. The molecular formula is C14H12FN4+. The van der Waals surface area contributed by atoms with Gasteiger partial charge in [0, 0.05) is 6.07 Å². The van der Waals surface area contributed by atoms with E-state index in [9.17, 15) is 4.39 Å². The summed E-state index contributed by atoms with van der Waals surface area (Å²) in [5, 5.41) is 4.11. The molecule has 3 rings (SSSR count). The van der Waals surface area contributed by atoms with E-state index in [1.165, 1.54) is 12.1 Å². The fraction of sp³-hybridized carbons (Fsp3) is 0. The summed E-state index contributed by atoms with van der Waals surface area (Å²) in [6.07, 6.45) is 3.31. The molecule has 0 unspecified atom stereocenters. The molecule has 0 bridgehead atoms. The molecule has 94 valence electrons. The fourth-order valence-electron chi connectivity index (χ4n) is 1.82. The van der Waals surface area contributed by atoms with Crippen LogP contribution in [0.2, 0.25) is 0 Å². The van der Waals surface area contributed by atoms with Crippen molar-refractivity contribution in [2.45, 2.75) is 0 Å². The molecule has 0 aliphatic carbocycles. The molecule has 2 N–H and O–H groups in total. The number of anilines is 1. The summed E-state index contributed by atoms with van der Waals surface area (Å²) in [5.74, 6) is -0.273. The first kappa shape index (κ1) is 11.4. The Bertz CT molecular complexity index is 719. The van der Waals surface area contributed by atoms with Gasteiger partial charge in [-0.05, 0) is 29.4 Å². The summed E-state index contributed by atoms with van der Waals surface area (Å²) in [7, 11) is 0. The maximum atomic E-state index is 13.2. The first-order valence-electron chi connectivity index (χ1n) is 5.85. The molecule has 0 atom stereocenters. The summed E-state index contributed by atoms with van der Waals surface area (Å²) in [4.78, 5) is 3.04. The van der Waals surface area contributed by atoms with Crippen LogP contribution >= 0.6 is 0 Å². The number of para-hydroxylation sites is 1. The number of halogens is 1. The number of hydrogen-bond donors (Lipinski definition) is 2. The van der Waals surface area contributed by atoms with E-state index in [0.29, 0.717) is 0 Å². The van der Waals surface area contributed by atoms with Gasteiger partial charge in [0.05, 0.1) is 5.69 Å². The van der Waals surface area contributed by atoms with Crippen LogP contribution in [-0.2, 0) is 0 Å². The van der Waals surface area contributed by atoms with Crippen LogP contribution in [0.5, 0.6) is 0 Å². The third kappa shape index (κ3) is 2.44. The van der Waals surface area contributed by atoms with Gasteiger partial charge in [-0.25, -0.2) is 14.4 Å². The van der Waals surface area contributed by atoms with Crippen molar-refractivity contribution in [3.8, 4) is 0 Å². The number of nitrogens with one attached hydrogen (secondary N) is 2. The van der Waals surface area contributed by atoms with Gasteiger partial charge < -0.3 is 0 Å². The van der Waals surface area contributed by atoms with Gasteiger partial charge in [-0.15, -0.1) is 0 Å². The number of imidazole rings is 1. The second-order valence-corrected chi connectivity index (χ2v) is 4.06. The van der Waals surface area contributed by atoms with Gasteiger partial charge in [-0.1, -0.05) is 18.2 Å². The number of hydrazone groups is 1. The third-order valence-corrected chi connectivity index (χ3v) is 2.75. The molecule has 4 nitrogen and oxygen atoms in total. The maximum absolute atomic E-state index is 13.2. The average molecular weight is 255 g/mol. The Morgan fingerprint density at radius 2 is 2.00 bits per heavy atom. The molecule has 0 saturated carbocycles. The van der Waals surface area contributed by atoms with E-state index in [-0.39, 0.29) is 5.82 Å². The number of aromatic nitrogens is 2. The molecule has 0 amide bonds. The lowest BCUT2D eigenvalue weighted by atomic mass is 10.3. The van der Waals surface area contributed by atoms with E-state index in [0.717, 1.165) is 16.7 Å². The second-order valence-electron chi connectivity index (χ2n) is 4.06. The lowest BCUT2D eigenvalue weighted by Crippen LogP contribution is -2.31. The van der Waals surface area contributed by atoms with Gasteiger partial charge >= 0.3 is 0 Å². The van der Waals surface area contributed by atoms with Crippen LogP contribution in [0.25, 0.3) is 11.0 Å². The monoisotopic (exact) mass is 255 g/mol. The highest BCUT2D eigenvalue weighted by Crippen LogP contribution is 2.08. The Hall–Kier alpha value is -2.69. The maximum Gasteiger partial charge on any atom is 0.254 e. The Morgan fingerprint density at radius 3 is 2.84 bits per heavy atom. The Morgan fingerprint density at radius 1 is 1.16 bits per heavy atom. The second kappa shape index (κ2) is 4.89. The zero-order valence-corrected chi connectivity index (χ0v) is 10.0. The van der Waals surface area contributed by atoms with E-state index in [2.05, 4.69) is 15.5 Å². The van der Waals surface area contributed by atoms with Crippen molar-refractivity contribution in [2.24, 2.45) is 5.10 Å². The van der Waals surface area contributed by atoms with Crippen molar-refractivity contribution in [2.75, 3.05) is 5.43 Å². The van der Waals surface area contributed by atoms with Crippen LogP contribution < -0.4 is 9.99 Å². The number of nitrogens with zero attached hydrogens (tertiary/aromatic N) is 2. The highest BCUT2D eigenvalue weighted by Gasteiger charge is 2.06.